The number of rotatable bonds is 8. The minimum atomic E-state index is 0. The second-order valence-electron chi connectivity index (χ2n) is 6.91. The molecule has 0 spiro atoms. The second-order valence-corrected chi connectivity index (χ2v) is 6.91. The van der Waals surface area contributed by atoms with E-state index in [9.17, 15) is 0 Å². The zero-order valence-corrected chi connectivity index (χ0v) is 18.7. The van der Waals surface area contributed by atoms with Gasteiger partial charge in [-0.3, -0.25) is 9.89 Å². The van der Waals surface area contributed by atoms with Crippen LogP contribution >= 0.6 is 24.0 Å². The highest BCUT2D eigenvalue weighted by atomic mass is 127. The summed E-state index contributed by atoms with van der Waals surface area (Å²) in [5.74, 6) is 0.863. The summed E-state index contributed by atoms with van der Waals surface area (Å²) in [5.41, 5.74) is 0. The van der Waals surface area contributed by atoms with Gasteiger partial charge in [0, 0.05) is 51.9 Å². The van der Waals surface area contributed by atoms with Crippen molar-refractivity contribution in [3.63, 3.8) is 0 Å². The summed E-state index contributed by atoms with van der Waals surface area (Å²) in [7, 11) is 3.95. The number of hydrogen-bond acceptors (Lipinski definition) is 4. The van der Waals surface area contributed by atoms with Crippen LogP contribution in [0.5, 0.6) is 0 Å². The summed E-state index contributed by atoms with van der Waals surface area (Å²) in [5, 5.41) is 6.76. The van der Waals surface area contributed by atoms with Crippen LogP contribution in [0.1, 0.15) is 34.1 Å². The third kappa shape index (κ3) is 9.39. The van der Waals surface area contributed by atoms with Gasteiger partial charge in [-0.25, -0.2) is 0 Å². The van der Waals surface area contributed by atoms with Gasteiger partial charge in [0.2, 0.25) is 0 Å². The number of aliphatic imine (C=N–C) groups is 1. The molecule has 1 atom stereocenters. The van der Waals surface area contributed by atoms with Gasteiger partial charge in [-0.15, -0.1) is 24.0 Å². The lowest BCUT2D eigenvalue weighted by molar-refractivity contribution is -0.0161. The molecule has 0 bridgehead atoms. The first-order valence-electron chi connectivity index (χ1n) is 8.94. The number of guanidine groups is 1. The van der Waals surface area contributed by atoms with Gasteiger partial charge in [-0.1, -0.05) is 0 Å². The Bertz CT molecular complexity index is 344. The molecule has 1 unspecified atom stereocenters. The highest BCUT2D eigenvalue weighted by molar-refractivity contribution is 14.0. The molecule has 6 nitrogen and oxygen atoms in total. The van der Waals surface area contributed by atoms with Gasteiger partial charge in [-0.05, 0) is 41.2 Å². The van der Waals surface area contributed by atoms with E-state index in [4.69, 9.17) is 4.74 Å². The SMILES string of the molecule is CN=C(NCCCN(C(C)C)C(C)C)NCC1CN(C)CCO1.I. The van der Waals surface area contributed by atoms with Crippen molar-refractivity contribution in [2.75, 3.05) is 53.4 Å². The fraction of sp³-hybridized carbons (Fsp3) is 0.941. The van der Waals surface area contributed by atoms with Crippen LogP contribution in [0.4, 0.5) is 0 Å². The fourth-order valence-electron chi connectivity index (χ4n) is 3.00. The van der Waals surface area contributed by atoms with E-state index in [1.807, 2.05) is 7.05 Å². The molecule has 0 aromatic rings. The first-order valence-corrected chi connectivity index (χ1v) is 8.94. The Morgan fingerprint density at radius 1 is 1.25 bits per heavy atom. The van der Waals surface area contributed by atoms with E-state index in [-0.39, 0.29) is 30.1 Å². The number of halogens is 1. The predicted molar refractivity (Wildman–Crippen MR) is 114 cm³/mol. The lowest BCUT2D eigenvalue weighted by Gasteiger charge is -2.31. The summed E-state index contributed by atoms with van der Waals surface area (Å²) < 4.78 is 5.76. The third-order valence-corrected chi connectivity index (χ3v) is 4.27. The second kappa shape index (κ2) is 13.1. The summed E-state index contributed by atoms with van der Waals surface area (Å²) in [6.45, 7) is 14.7. The molecule has 1 fully saturated rings. The molecule has 1 rings (SSSR count). The van der Waals surface area contributed by atoms with Crippen molar-refractivity contribution < 1.29 is 4.74 Å². The number of morpholine rings is 1. The van der Waals surface area contributed by atoms with Crippen LogP contribution < -0.4 is 10.6 Å². The molecule has 0 aromatic carbocycles. The molecule has 1 saturated heterocycles. The van der Waals surface area contributed by atoms with E-state index in [2.05, 4.69) is 60.2 Å². The summed E-state index contributed by atoms with van der Waals surface area (Å²) in [6, 6.07) is 1.18. The molecule has 24 heavy (non-hydrogen) atoms. The van der Waals surface area contributed by atoms with Crippen molar-refractivity contribution in [2.45, 2.75) is 52.3 Å². The maximum absolute atomic E-state index is 5.76. The quantitative estimate of drug-likeness (QED) is 0.252. The fourth-order valence-corrected chi connectivity index (χ4v) is 3.00. The van der Waals surface area contributed by atoms with Crippen LogP contribution in [0.25, 0.3) is 0 Å². The minimum absolute atomic E-state index is 0. The van der Waals surface area contributed by atoms with E-state index in [0.29, 0.717) is 12.1 Å². The molecular weight excluding hydrogens is 417 g/mol. The smallest absolute Gasteiger partial charge is 0.191 e. The normalized spacial score (nSPS) is 19.7. The molecule has 1 aliphatic heterocycles. The Morgan fingerprint density at radius 3 is 2.46 bits per heavy atom. The van der Waals surface area contributed by atoms with Gasteiger partial charge in [0.15, 0.2) is 5.96 Å². The van der Waals surface area contributed by atoms with Gasteiger partial charge in [-0.2, -0.15) is 0 Å². The lowest BCUT2D eigenvalue weighted by atomic mass is 10.2. The lowest BCUT2D eigenvalue weighted by Crippen LogP contribution is -2.48. The van der Waals surface area contributed by atoms with Crippen LogP contribution in [0.15, 0.2) is 4.99 Å². The van der Waals surface area contributed by atoms with Crippen LogP contribution in [-0.2, 0) is 4.74 Å². The van der Waals surface area contributed by atoms with E-state index in [0.717, 1.165) is 51.7 Å². The summed E-state index contributed by atoms with van der Waals surface area (Å²) in [4.78, 5) is 9.11. The molecule has 0 saturated carbocycles. The van der Waals surface area contributed by atoms with Crippen molar-refractivity contribution in [1.82, 2.24) is 20.4 Å². The molecule has 1 aliphatic rings. The third-order valence-electron chi connectivity index (χ3n) is 4.27. The van der Waals surface area contributed by atoms with E-state index in [1.165, 1.54) is 0 Å². The Labute approximate surface area is 165 Å². The first kappa shape index (κ1) is 23.9. The average Bonchev–Trinajstić information content (AvgIpc) is 2.49. The molecule has 1 heterocycles. The number of nitrogens with one attached hydrogen (secondary N) is 2. The largest absolute Gasteiger partial charge is 0.374 e. The van der Waals surface area contributed by atoms with E-state index in [1.54, 1.807) is 0 Å². The van der Waals surface area contributed by atoms with Crippen molar-refractivity contribution in [2.24, 2.45) is 4.99 Å². The topological polar surface area (TPSA) is 52.1 Å². The average molecular weight is 455 g/mol. The van der Waals surface area contributed by atoms with Crippen LogP contribution in [0, 0.1) is 0 Å². The van der Waals surface area contributed by atoms with E-state index >= 15 is 0 Å². The zero-order valence-electron chi connectivity index (χ0n) is 16.3. The molecular formula is C17H38IN5O. The first-order chi connectivity index (χ1) is 10.9. The Morgan fingerprint density at radius 2 is 1.92 bits per heavy atom. The van der Waals surface area contributed by atoms with Gasteiger partial charge in [0.05, 0.1) is 12.7 Å². The number of hydrogen-bond donors (Lipinski definition) is 2. The van der Waals surface area contributed by atoms with Crippen LogP contribution in [-0.4, -0.2) is 87.4 Å². The van der Waals surface area contributed by atoms with Crippen molar-refractivity contribution in [3.05, 3.63) is 0 Å². The molecule has 0 aromatic heterocycles. The predicted octanol–water partition coefficient (Wildman–Crippen LogP) is 1.61. The van der Waals surface area contributed by atoms with Gasteiger partial charge in [0.25, 0.3) is 0 Å². The van der Waals surface area contributed by atoms with Crippen molar-refractivity contribution in [3.8, 4) is 0 Å². The summed E-state index contributed by atoms with van der Waals surface area (Å²) in [6.07, 6.45) is 1.35. The Kier molecular flexibility index (Phi) is 13.1. The Hall–Kier alpha value is -0.120. The van der Waals surface area contributed by atoms with Crippen LogP contribution in [0.2, 0.25) is 0 Å². The summed E-state index contributed by atoms with van der Waals surface area (Å²) >= 11 is 0. The van der Waals surface area contributed by atoms with Crippen LogP contribution in [0.3, 0.4) is 0 Å². The monoisotopic (exact) mass is 455 g/mol. The van der Waals surface area contributed by atoms with Crippen molar-refractivity contribution in [1.29, 1.82) is 0 Å². The van der Waals surface area contributed by atoms with Crippen molar-refractivity contribution >= 4 is 29.9 Å². The molecule has 0 radical (unpaired) electrons. The Balaban J connectivity index is 0.00000529. The number of likely N-dealkylation sites (N-methyl/N-ethyl adjacent to an activating group) is 1. The molecule has 0 amide bonds. The standard InChI is InChI=1S/C17H37N5O.HI/c1-14(2)22(15(3)4)9-7-8-19-17(18-5)20-12-16-13-21(6)10-11-23-16;/h14-16H,7-13H2,1-6H3,(H2,18,19,20);1H. The van der Waals surface area contributed by atoms with Gasteiger partial charge < -0.3 is 20.3 Å². The zero-order chi connectivity index (χ0) is 17.2. The highest BCUT2D eigenvalue weighted by Gasteiger charge is 2.17. The molecule has 0 aliphatic carbocycles. The highest BCUT2D eigenvalue weighted by Crippen LogP contribution is 2.05. The number of ether oxygens (including phenoxy) is 1. The van der Waals surface area contributed by atoms with E-state index < -0.39 is 0 Å². The maximum atomic E-state index is 5.76. The number of nitrogens with zero attached hydrogens (tertiary/aromatic N) is 3. The maximum Gasteiger partial charge on any atom is 0.191 e. The molecule has 7 heteroatoms. The minimum Gasteiger partial charge on any atom is -0.374 e. The molecule has 2 N–H and O–H groups in total. The van der Waals surface area contributed by atoms with Gasteiger partial charge >= 0.3 is 0 Å². The molecule has 144 valence electrons. The van der Waals surface area contributed by atoms with Gasteiger partial charge in [0.1, 0.15) is 0 Å².